The molecule has 0 aliphatic carbocycles. The first-order valence-electron chi connectivity index (χ1n) is 9.75. The monoisotopic (exact) mass is 419 g/mol. The molecule has 4 rings (SSSR count). The van der Waals surface area contributed by atoms with Gasteiger partial charge in [-0.3, -0.25) is 14.5 Å². The summed E-state index contributed by atoms with van der Waals surface area (Å²) in [6.45, 7) is 2.85. The predicted molar refractivity (Wildman–Crippen MR) is 120 cm³/mol. The van der Waals surface area contributed by atoms with E-state index >= 15 is 0 Å². The molecule has 1 saturated heterocycles. The number of nitrogens with zero attached hydrogens (tertiary/aromatic N) is 1. The molecule has 1 aliphatic heterocycles. The van der Waals surface area contributed by atoms with E-state index in [0.29, 0.717) is 17.3 Å². The van der Waals surface area contributed by atoms with Crippen LogP contribution in [0.1, 0.15) is 12.5 Å². The van der Waals surface area contributed by atoms with Crippen LogP contribution in [0.5, 0.6) is 11.5 Å². The Hall–Kier alpha value is -3.25. The summed E-state index contributed by atoms with van der Waals surface area (Å²) >= 11 is 0.940. The molecule has 0 bridgehead atoms. The summed E-state index contributed by atoms with van der Waals surface area (Å²) in [5, 5.41) is 1.79. The van der Waals surface area contributed by atoms with Crippen molar-refractivity contribution < 1.29 is 19.1 Å². The molecule has 0 N–H and O–H groups in total. The van der Waals surface area contributed by atoms with Crippen LogP contribution in [0.25, 0.3) is 16.8 Å². The average Bonchev–Trinajstić information content (AvgIpc) is 3.03. The van der Waals surface area contributed by atoms with Gasteiger partial charge in [-0.2, -0.15) is 0 Å². The lowest BCUT2D eigenvalue weighted by molar-refractivity contribution is -0.123. The van der Waals surface area contributed by atoms with Gasteiger partial charge in [-0.25, -0.2) is 0 Å². The Labute approximate surface area is 179 Å². The number of benzene rings is 3. The van der Waals surface area contributed by atoms with E-state index in [9.17, 15) is 9.59 Å². The fraction of sp³-hybridized carbons (Fsp3) is 0.167. The van der Waals surface area contributed by atoms with Crippen LogP contribution < -0.4 is 9.47 Å². The summed E-state index contributed by atoms with van der Waals surface area (Å²) in [5.41, 5.74) is 0.775. The molecular weight excluding hydrogens is 398 g/mol. The van der Waals surface area contributed by atoms with E-state index in [-0.39, 0.29) is 24.3 Å². The molecule has 3 aromatic rings. The Morgan fingerprint density at radius 1 is 0.900 bits per heavy atom. The largest absolute Gasteiger partial charge is 0.493 e. The number of carbonyl (C=O) groups excluding carboxylic acids is 2. The van der Waals surface area contributed by atoms with Crippen LogP contribution in [-0.2, 0) is 4.79 Å². The topological polar surface area (TPSA) is 55.8 Å². The number of para-hydroxylation sites is 1. The number of fused-ring (bicyclic) bond motifs is 1. The number of amides is 2. The molecule has 152 valence electrons. The van der Waals surface area contributed by atoms with Gasteiger partial charge in [-0.15, -0.1) is 0 Å². The van der Waals surface area contributed by atoms with Crippen LogP contribution in [0, 0.1) is 0 Å². The van der Waals surface area contributed by atoms with E-state index in [1.807, 2.05) is 73.7 Å². The van der Waals surface area contributed by atoms with Crippen molar-refractivity contribution in [1.29, 1.82) is 0 Å². The highest BCUT2D eigenvalue weighted by molar-refractivity contribution is 8.18. The van der Waals surface area contributed by atoms with E-state index < -0.39 is 0 Å². The van der Waals surface area contributed by atoms with Crippen molar-refractivity contribution in [2.45, 2.75) is 6.92 Å². The summed E-state index contributed by atoms with van der Waals surface area (Å²) in [6, 6.07) is 21.2. The van der Waals surface area contributed by atoms with E-state index in [0.717, 1.165) is 33.8 Å². The number of thioether (sulfide) groups is 1. The lowest BCUT2D eigenvalue weighted by Crippen LogP contribution is -2.32. The van der Waals surface area contributed by atoms with Crippen molar-refractivity contribution in [2.75, 3.05) is 19.8 Å². The zero-order valence-corrected chi connectivity index (χ0v) is 17.4. The Bertz CT molecular complexity index is 1120. The molecule has 1 aliphatic rings. The van der Waals surface area contributed by atoms with Gasteiger partial charge in [0.15, 0.2) is 0 Å². The highest BCUT2D eigenvalue weighted by Crippen LogP contribution is 2.34. The Kier molecular flexibility index (Phi) is 6.05. The van der Waals surface area contributed by atoms with Gasteiger partial charge < -0.3 is 9.47 Å². The molecule has 0 spiro atoms. The van der Waals surface area contributed by atoms with Gasteiger partial charge in [0.2, 0.25) is 0 Å². The van der Waals surface area contributed by atoms with Gasteiger partial charge in [0, 0.05) is 10.9 Å². The third kappa shape index (κ3) is 4.19. The van der Waals surface area contributed by atoms with Gasteiger partial charge in [-0.05, 0) is 42.3 Å². The fourth-order valence-corrected chi connectivity index (χ4v) is 4.15. The van der Waals surface area contributed by atoms with Gasteiger partial charge >= 0.3 is 0 Å². The molecule has 30 heavy (non-hydrogen) atoms. The minimum absolute atomic E-state index is 0.193. The lowest BCUT2D eigenvalue weighted by atomic mass is 10.1. The molecule has 1 heterocycles. The summed E-state index contributed by atoms with van der Waals surface area (Å²) in [4.78, 5) is 26.8. The van der Waals surface area contributed by atoms with E-state index in [1.54, 1.807) is 6.08 Å². The molecular formula is C24H21NO4S. The maximum absolute atomic E-state index is 12.8. The average molecular weight is 420 g/mol. The molecule has 2 amide bonds. The predicted octanol–water partition coefficient (Wildman–Crippen LogP) is 5.35. The smallest absolute Gasteiger partial charge is 0.293 e. The van der Waals surface area contributed by atoms with Crippen LogP contribution in [0.2, 0.25) is 0 Å². The Morgan fingerprint density at radius 3 is 2.50 bits per heavy atom. The zero-order chi connectivity index (χ0) is 20.9. The first-order valence-corrected chi connectivity index (χ1v) is 10.6. The molecule has 0 radical (unpaired) electrons. The second-order valence-corrected chi connectivity index (χ2v) is 7.62. The number of carbonyl (C=O) groups is 2. The van der Waals surface area contributed by atoms with Crippen LogP contribution in [0.3, 0.4) is 0 Å². The first kappa shape index (κ1) is 20.0. The highest BCUT2D eigenvalue weighted by atomic mass is 32.2. The van der Waals surface area contributed by atoms with Crippen molar-refractivity contribution in [3.63, 3.8) is 0 Å². The number of hydrogen-bond acceptors (Lipinski definition) is 5. The molecule has 0 unspecified atom stereocenters. The number of hydrogen-bond donors (Lipinski definition) is 0. The summed E-state index contributed by atoms with van der Waals surface area (Å²) in [7, 11) is 0. The fourth-order valence-electron chi connectivity index (χ4n) is 3.29. The standard InChI is InChI=1S/C24H21NO4S/c1-2-28-20-12-6-4-9-18(20)16-22-23(26)25(24(27)30-22)14-15-29-21-13-7-10-17-8-3-5-11-19(17)21/h3-13,16H,2,14-15H2,1H3/b22-16-. The zero-order valence-electron chi connectivity index (χ0n) is 16.5. The second-order valence-electron chi connectivity index (χ2n) is 6.63. The molecule has 0 saturated carbocycles. The second kappa shape index (κ2) is 9.05. The summed E-state index contributed by atoms with van der Waals surface area (Å²) < 4.78 is 11.5. The summed E-state index contributed by atoms with van der Waals surface area (Å²) in [6.07, 6.45) is 1.71. The normalized spacial score (nSPS) is 15.2. The first-order chi connectivity index (χ1) is 14.7. The minimum atomic E-state index is -0.308. The van der Waals surface area contributed by atoms with Gasteiger partial charge in [-0.1, -0.05) is 54.6 Å². The number of rotatable bonds is 7. The lowest BCUT2D eigenvalue weighted by Gasteiger charge is -2.14. The SMILES string of the molecule is CCOc1ccccc1/C=C1\SC(=O)N(CCOc2cccc3ccccc23)C1=O. The molecule has 1 fully saturated rings. The van der Waals surface area contributed by atoms with E-state index in [4.69, 9.17) is 9.47 Å². The summed E-state index contributed by atoms with van der Waals surface area (Å²) in [5.74, 6) is 1.12. The van der Waals surface area contributed by atoms with Gasteiger partial charge in [0.1, 0.15) is 18.1 Å². The van der Waals surface area contributed by atoms with Crippen LogP contribution >= 0.6 is 11.8 Å². The van der Waals surface area contributed by atoms with Crippen molar-refractivity contribution in [1.82, 2.24) is 4.90 Å². The highest BCUT2D eigenvalue weighted by Gasteiger charge is 2.35. The number of imide groups is 1. The third-order valence-corrected chi connectivity index (χ3v) is 5.61. The minimum Gasteiger partial charge on any atom is -0.493 e. The van der Waals surface area contributed by atoms with Crippen LogP contribution in [0.4, 0.5) is 4.79 Å². The molecule has 5 nitrogen and oxygen atoms in total. The molecule has 0 aromatic heterocycles. The van der Waals surface area contributed by atoms with Crippen LogP contribution in [0.15, 0.2) is 71.6 Å². The van der Waals surface area contributed by atoms with Crippen molar-refractivity contribution in [3.8, 4) is 11.5 Å². The van der Waals surface area contributed by atoms with E-state index in [2.05, 4.69) is 0 Å². The molecule has 3 aromatic carbocycles. The maximum Gasteiger partial charge on any atom is 0.293 e. The quantitative estimate of drug-likeness (QED) is 0.483. The van der Waals surface area contributed by atoms with Crippen molar-refractivity contribution >= 4 is 39.8 Å². The maximum atomic E-state index is 12.8. The van der Waals surface area contributed by atoms with Gasteiger partial charge in [0.05, 0.1) is 18.1 Å². The van der Waals surface area contributed by atoms with E-state index in [1.165, 1.54) is 4.90 Å². The Morgan fingerprint density at radius 2 is 1.63 bits per heavy atom. The van der Waals surface area contributed by atoms with Crippen molar-refractivity contribution in [3.05, 3.63) is 77.2 Å². The van der Waals surface area contributed by atoms with Gasteiger partial charge in [0.25, 0.3) is 11.1 Å². The van der Waals surface area contributed by atoms with Crippen molar-refractivity contribution in [2.24, 2.45) is 0 Å². The molecule has 6 heteroatoms. The third-order valence-electron chi connectivity index (χ3n) is 4.70. The molecule has 0 atom stereocenters. The number of ether oxygens (including phenoxy) is 2. The Balaban J connectivity index is 1.45. The van der Waals surface area contributed by atoms with Crippen LogP contribution in [-0.4, -0.2) is 35.8 Å².